The number of hydrogen-bond donors (Lipinski definition) is 2. The summed E-state index contributed by atoms with van der Waals surface area (Å²) in [6.07, 6.45) is 0.884. The number of esters is 1. The quantitative estimate of drug-likeness (QED) is 0.505. The van der Waals surface area contributed by atoms with E-state index in [1.165, 1.54) is 0 Å². The topological polar surface area (TPSA) is 103 Å². The summed E-state index contributed by atoms with van der Waals surface area (Å²) in [5.74, 6) is 0.241. The Morgan fingerprint density at radius 1 is 1.14 bits per heavy atom. The SMILES string of the molecule is CCCNC(=O)N1CCN(CC2=C(C(=O)OCC)[C@@H](c3ccc(OC)cc3)NC(=O)N2CC)C[C@@H]1C. The largest absolute Gasteiger partial charge is 0.497 e. The third-order valence-corrected chi connectivity index (χ3v) is 6.57. The van der Waals surface area contributed by atoms with E-state index in [4.69, 9.17) is 9.47 Å². The number of likely N-dealkylation sites (N-methyl/N-ethyl adjacent to an activating group) is 1. The summed E-state index contributed by atoms with van der Waals surface area (Å²) in [6.45, 7) is 11.2. The minimum absolute atomic E-state index is 0.00729. The number of urea groups is 2. The molecule has 0 unspecified atom stereocenters. The zero-order chi connectivity index (χ0) is 26.2. The van der Waals surface area contributed by atoms with Crippen molar-refractivity contribution in [3.63, 3.8) is 0 Å². The number of rotatable bonds is 9. The standard InChI is InChI=1S/C26H39N5O5/c1-6-13-27-25(33)31-15-14-29(16-18(31)4)17-21-22(24(32)36-8-3)23(28-26(34)30(21)7-2)19-9-11-20(35-5)12-10-19/h9-12,18,23H,6-8,13-17H2,1-5H3,(H,27,33)(H,28,34)/t18-,23+/m0/s1. The number of piperazine rings is 1. The molecule has 198 valence electrons. The van der Waals surface area contributed by atoms with Crippen molar-refractivity contribution in [3.8, 4) is 5.75 Å². The molecule has 1 fully saturated rings. The number of carbonyl (C=O) groups excluding carboxylic acids is 3. The van der Waals surface area contributed by atoms with Gasteiger partial charge in [-0.25, -0.2) is 14.4 Å². The lowest BCUT2D eigenvalue weighted by molar-refractivity contribution is -0.139. The molecule has 10 nitrogen and oxygen atoms in total. The fourth-order valence-corrected chi connectivity index (χ4v) is 4.73. The molecule has 3 rings (SSSR count). The first-order chi connectivity index (χ1) is 17.3. The molecule has 0 saturated carbocycles. The van der Waals surface area contributed by atoms with Gasteiger partial charge in [0, 0.05) is 51.0 Å². The predicted octanol–water partition coefficient (Wildman–Crippen LogP) is 2.72. The van der Waals surface area contributed by atoms with E-state index in [9.17, 15) is 14.4 Å². The second-order valence-corrected chi connectivity index (χ2v) is 8.99. The number of methoxy groups -OCH3 is 1. The number of amides is 4. The molecule has 1 aromatic carbocycles. The molecule has 0 aliphatic carbocycles. The first kappa shape index (κ1) is 27.3. The summed E-state index contributed by atoms with van der Waals surface area (Å²) in [6, 6.07) is 6.34. The van der Waals surface area contributed by atoms with Gasteiger partial charge in [0.1, 0.15) is 5.75 Å². The van der Waals surface area contributed by atoms with Gasteiger partial charge >= 0.3 is 18.0 Å². The van der Waals surface area contributed by atoms with Crippen molar-refractivity contribution in [2.24, 2.45) is 0 Å². The summed E-state index contributed by atoms with van der Waals surface area (Å²) in [5.41, 5.74) is 1.84. The van der Waals surface area contributed by atoms with Gasteiger partial charge in [0.2, 0.25) is 0 Å². The highest BCUT2D eigenvalue weighted by molar-refractivity contribution is 5.95. The van der Waals surface area contributed by atoms with E-state index < -0.39 is 12.0 Å². The van der Waals surface area contributed by atoms with Crippen LogP contribution < -0.4 is 15.4 Å². The fraction of sp³-hybridized carbons (Fsp3) is 0.577. The molecule has 2 heterocycles. The van der Waals surface area contributed by atoms with Crippen molar-refractivity contribution in [2.45, 2.75) is 46.2 Å². The Labute approximate surface area is 213 Å². The molecule has 1 aromatic rings. The summed E-state index contributed by atoms with van der Waals surface area (Å²) in [7, 11) is 1.59. The van der Waals surface area contributed by atoms with E-state index in [1.54, 1.807) is 31.1 Å². The molecule has 2 aliphatic heterocycles. The van der Waals surface area contributed by atoms with Crippen LogP contribution in [0.25, 0.3) is 0 Å². The van der Waals surface area contributed by atoms with Crippen LogP contribution in [0, 0.1) is 0 Å². The molecule has 4 amide bonds. The Bertz CT molecular complexity index is 964. The van der Waals surface area contributed by atoms with E-state index in [0.717, 1.165) is 12.0 Å². The van der Waals surface area contributed by atoms with Gasteiger partial charge < -0.3 is 25.0 Å². The summed E-state index contributed by atoms with van der Waals surface area (Å²) in [5, 5.41) is 5.93. The monoisotopic (exact) mass is 501 g/mol. The van der Waals surface area contributed by atoms with E-state index in [-0.39, 0.29) is 24.7 Å². The van der Waals surface area contributed by atoms with Gasteiger partial charge in [0.05, 0.1) is 25.3 Å². The van der Waals surface area contributed by atoms with Crippen molar-refractivity contribution in [1.82, 2.24) is 25.3 Å². The Morgan fingerprint density at radius 2 is 1.86 bits per heavy atom. The smallest absolute Gasteiger partial charge is 0.338 e. The van der Waals surface area contributed by atoms with Gasteiger partial charge in [-0.2, -0.15) is 0 Å². The number of carbonyl (C=O) groups is 3. The van der Waals surface area contributed by atoms with E-state index >= 15 is 0 Å². The van der Waals surface area contributed by atoms with Crippen LogP contribution >= 0.6 is 0 Å². The molecule has 0 spiro atoms. The van der Waals surface area contributed by atoms with Crippen LogP contribution in [0.4, 0.5) is 9.59 Å². The lowest BCUT2D eigenvalue weighted by Crippen LogP contribution is -2.58. The minimum Gasteiger partial charge on any atom is -0.497 e. The maximum Gasteiger partial charge on any atom is 0.338 e. The summed E-state index contributed by atoms with van der Waals surface area (Å²) >= 11 is 0. The van der Waals surface area contributed by atoms with Gasteiger partial charge in [0.15, 0.2) is 0 Å². The Kier molecular flexibility index (Phi) is 9.58. The molecule has 0 radical (unpaired) electrons. The third-order valence-electron chi connectivity index (χ3n) is 6.57. The van der Waals surface area contributed by atoms with Crippen LogP contribution in [0.5, 0.6) is 5.75 Å². The van der Waals surface area contributed by atoms with E-state index in [2.05, 4.69) is 15.5 Å². The number of ether oxygens (including phenoxy) is 2. The maximum atomic E-state index is 13.3. The normalized spacial score (nSPS) is 20.8. The molecule has 1 saturated heterocycles. The van der Waals surface area contributed by atoms with Crippen LogP contribution in [-0.4, -0.2) is 91.8 Å². The van der Waals surface area contributed by atoms with Crippen LogP contribution in [0.3, 0.4) is 0 Å². The van der Waals surface area contributed by atoms with Gasteiger partial charge in [0.25, 0.3) is 0 Å². The average Bonchev–Trinajstić information content (AvgIpc) is 2.87. The van der Waals surface area contributed by atoms with E-state index in [1.807, 2.05) is 37.8 Å². The molecule has 2 aliphatic rings. The first-order valence-corrected chi connectivity index (χ1v) is 12.7. The number of nitrogens with one attached hydrogen (secondary N) is 2. The number of benzene rings is 1. The van der Waals surface area contributed by atoms with E-state index in [0.29, 0.717) is 56.3 Å². The minimum atomic E-state index is -0.640. The second-order valence-electron chi connectivity index (χ2n) is 8.99. The van der Waals surface area contributed by atoms with Gasteiger partial charge in [-0.15, -0.1) is 0 Å². The zero-order valence-corrected chi connectivity index (χ0v) is 22.0. The van der Waals surface area contributed by atoms with Crippen molar-refractivity contribution < 1.29 is 23.9 Å². The second kappa shape index (κ2) is 12.6. The first-order valence-electron chi connectivity index (χ1n) is 12.7. The highest BCUT2D eigenvalue weighted by atomic mass is 16.5. The molecule has 2 N–H and O–H groups in total. The lowest BCUT2D eigenvalue weighted by Gasteiger charge is -2.42. The Morgan fingerprint density at radius 3 is 2.44 bits per heavy atom. The number of hydrogen-bond acceptors (Lipinski definition) is 6. The predicted molar refractivity (Wildman–Crippen MR) is 137 cm³/mol. The van der Waals surface area contributed by atoms with Crippen LogP contribution in [0.1, 0.15) is 45.7 Å². The number of nitrogens with zero attached hydrogens (tertiary/aromatic N) is 3. The fourth-order valence-electron chi connectivity index (χ4n) is 4.73. The molecule has 0 bridgehead atoms. The van der Waals surface area contributed by atoms with Crippen molar-refractivity contribution in [3.05, 3.63) is 41.1 Å². The van der Waals surface area contributed by atoms with Crippen LogP contribution in [-0.2, 0) is 9.53 Å². The van der Waals surface area contributed by atoms with Gasteiger partial charge in [-0.05, 0) is 44.9 Å². The summed E-state index contributed by atoms with van der Waals surface area (Å²) < 4.78 is 10.7. The molecule has 10 heteroatoms. The lowest BCUT2D eigenvalue weighted by atomic mass is 9.94. The van der Waals surface area contributed by atoms with Crippen LogP contribution in [0.15, 0.2) is 35.5 Å². The zero-order valence-electron chi connectivity index (χ0n) is 22.0. The van der Waals surface area contributed by atoms with Gasteiger partial charge in [-0.3, -0.25) is 9.80 Å². The van der Waals surface area contributed by atoms with Crippen molar-refractivity contribution in [1.29, 1.82) is 0 Å². The average molecular weight is 502 g/mol. The Hall–Kier alpha value is -3.27. The van der Waals surface area contributed by atoms with Crippen LogP contribution in [0.2, 0.25) is 0 Å². The molecular formula is C26H39N5O5. The van der Waals surface area contributed by atoms with Gasteiger partial charge in [-0.1, -0.05) is 19.1 Å². The third kappa shape index (κ3) is 6.10. The Balaban J connectivity index is 1.92. The maximum absolute atomic E-state index is 13.3. The van der Waals surface area contributed by atoms with Crippen molar-refractivity contribution >= 4 is 18.0 Å². The molecule has 0 aromatic heterocycles. The molecule has 36 heavy (non-hydrogen) atoms. The molecular weight excluding hydrogens is 462 g/mol. The highest BCUT2D eigenvalue weighted by Crippen LogP contribution is 2.33. The van der Waals surface area contributed by atoms with Crippen molar-refractivity contribution in [2.75, 3.05) is 53.0 Å². The summed E-state index contributed by atoms with van der Waals surface area (Å²) in [4.78, 5) is 44.6. The highest BCUT2D eigenvalue weighted by Gasteiger charge is 2.39. The molecule has 2 atom stereocenters.